The zero-order chi connectivity index (χ0) is 20.3. The number of ether oxygens (including phenoxy) is 1. The molecule has 0 unspecified atom stereocenters. The monoisotopic (exact) mass is 412 g/mol. The molecule has 8 heteroatoms. The first kappa shape index (κ1) is 20.5. The highest BCUT2D eigenvalue weighted by molar-refractivity contribution is 6.30. The predicted octanol–water partition coefficient (Wildman–Crippen LogP) is 4.75. The second-order valence-corrected chi connectivity index (χ2v) is 7.00. The molecule has 4 nitrogen and oxygen atoms in total. The zero-order valence-corrected chi connectivity index (χ0v) is 16.0. The van der Waals surface area contributed by atoms with Gasteiger partial charge in [-0.2, -0.15) is 13.2 Å². The Morgan fingerprint density at radius 1 is 1.21 bits per heavy atom. The summed E-state index contributed by atoms with van der Waals surface area (Å²) in [6.07, 6.45) is -3.84. The topological polar surface area (TPSA) is 41.6 Å². The Bertz CT molecular complexity index is 871. The van der Waals surface area contributed by atoms with Crippen molar-refractivity contribution in [1.29, 1.82) is 0 Å². The standard InChI is InChI=1S/C20H20ClF3N2O2/c1-2-28-16-5-3-13-7-8-26(11-14(13)9-16)12-19(27)25-18-6-4-15(21)10-17(18)20(22,23)24/h3-6,9-10H,2,7-8,11-12H2,1H3,(H,25,27). The highest BCUT2D eigenvalue weighted by Crippen LogP contribution is 2.36. The van der Waals surface area contributed by atoms with Crippen LogP contribution in [-0.4, -0.2) is 30.5 Å². The smallest absolute Gasteiger partial charge is 0.418 e. The van der Waals surface area contributed by atoms with E-state index < -0.39 is 17.6 Å². The molecule has 0 aromatic heterocycles. The van der Waals surface area contributed by atoms with Crippen molar-refractivity contribution in [3.05, 3.63) is 58.1 Å². The fourth-order valence-corrected chi connectivity index (χ4v) is 3.41. The van der Waals surface area contributed by atoms with Crippen LogP contribution < -0.4 is 10.1 Å². The molecule has 0 spiro atoms. The maximum atomic E-state index is 13.2. The molecule has 1 heterocycles. The minimum absolute atomic E-state index is 0.00176. The lowest BCUT2D eigenvalue weighted by molar-refractivity contribution is -0.137. The molecule has 1 aliphatic heterocycles. The number of amides is 1. The number of nitrogens with one attached hydrogen (secondary N) is 1. The van der Waals surface area contributed by atoms with E-state index in [1.807, 2.05) is 30.0 Å². The number of hydrogen-bond acceptors (Lipinski definition) is 3. The number of hydrogen-bond donors (Lipinski definition) is 1. The van der Waals surface area contributed by atoms with Gasteiger partial charge in [-0.15, -0.1) is 0 Å². The van der Waals surface area contributed by atoms with Crippen molar-refractivity contribution in [2.24, 2.45) is 0 Å². The summed E-state index contributed by atoms with van der Waals surface area (Å²) in [6.45, 7) is 3.66. The van der Waals surface area contributed by atoms with E-state index in [2.05, 4.69) is 5.32 Å². The molecule has 1 aliphatic rings. The molecular weight excluding hydrogens is 393 g/mol. The van der Waals surface area contributed by atoms with Crippen molar-refractivity contribution in [2.45, 2.75) is 26.1 Å². The number of carbonyl (C=O) groups is 1. The van der Waals surface area contributed by atoms with Gasteiger partial charge in [-0.25, -0.2) is 0 Å². The molecule has 0 saturated carbocycles. The van der Waals surface area contributed by atoms with Gasteiger partial charge in [0.15, 0.2) is 0 Å². The van der Waals surface area contributed by atoms with Gasteiger partial charge in [-0.3, -0.25) is 9.69 Å². The van der Waals surface area contributed by atoms with Gasteiger partial charge < -0.3 is 10.1 Å². The van der Waals surface area contributed by atoms with Crippen LogP contribution in [0.5, 0.6) is 5.75 Å². The molecular formula is C20H20ClF3N2O2. The molecule has 0 bridgehead atoms. The molecule has 0 radical (unpaired) electrons. The van der Waals surface area contributed by atoms with Crippen LogP contribution in [0.2, 0.25) is 5.02 Å². The summed E-state index contributed by atoms with van der Waals surface area (Å²) < 4.78 is 45.0. The number of alkyl halides is 3. The van der Waals surface area contributed by atoms with Crippen molar-refractivity contribution in [3.63, 3.8) is 0 Å². The van der Waals surface area contributed by atoms with Crippen molar-refractivity contribution in [3.8, 4) is 5.75 Å². The summed E-state index contributed by atoms with van der Waals surface area (Å²) in [5.41, 5.74) is 1.00. The van der Waals surface area contributed by atoms with Crippen LogP contribution in [-0.2, 0) is 23.9 Å². The lowest BCUT2D eigenvalue weighted by Crippen LogP contribution is -2.37. The van der Waals surface area contributed by atoms with Gasteiger partial charge >= 0.3 is 6.18 Å². The lowest BCUT2D eigenvalue weighted by Gasteiger charge is -2.28. The molecule has 28 heavy (non-hydrogen) atoms. The molecule has 3 rings (SSSR count). The summed E-state index contributed by atoms with van der Waals surface area (Å²) in [6, 6.07) is 9.18. The van der Waals surface area contributed by atoms with Crippen LogP contribution in [0.25, 0.3) is 0 Å². The number of anilines is 1. The molecule has 150 valence electrons. The Hall–Kier alpha value is -2.25. The first-order chi connectivity index (χ1) is 13.3. The Balaban J connectivity index is 1.67. The minimum atomic E-state index is -4.60. The third-order valence-electron chi connectivity index (χ3n) is 4.51. The normalized spacial score (nSPS) is 14.5. The molecule has 0 atom stereocenters. The maximum absolute atomic E-state index is 13.2. The minimum Gasteiger partial charge on any atom is -0.494 e. The predicted molar refractivity (Wildman–Crippen MR) is 102 cm³/mol. The van der Waals surface area contributed by atoms with E-state index in [1.54, 1.807) is 0 Å². The summed E-state index contributed by atoms with van der Waals surface area (Å²) in [4.78, 5) is 14.2. The Labute approximate surface area is 166 Å². The van der Waals surface area contributed by atoms with E-state index in [9.17, 15) is 18.0 Å². The van der Waals surface area contributed by atoms with Crippen molar-refractivity contribution in [2.75, 3.05) is 25.0 Å². The van der Waals surface area contributed by atoms with E-state index in [-0.39, 0.29) is 17.3 Å². The zero-order valence-electron chi connectivity index (χ0n) is 15.3. The number of nitrogens with zero attached hydrogens (tertiary/aromatic N) is 1. The third-order valence-corrected chi connectivity index (χ3v) is 4.74. The molecule has 1 N–H and O–H groups in total. The van der Waals surface area contributed by atoms with Crippen molar-refractivity contribution < 1.29 is 22.7 Å². The van der Waals surface area contributed by atoms with Crippen LogP contribution in [0.3, 0.4) is 0 Å². The van der Waals surface area contributed by atoms with E-state index in [4.69, 9.17) is 16.3 Å². The first-order valence-electron chi connectivity index (χ1n) is 8.90. The summed E-state index contributed by atoms with van der Waals surface area (Å²) >= 11 is 5.67. The van der Waals surface area contributed by atoms with Gasteiger partial charge in [-0.05, 0) is 54.8 Å². The van der Waals surface area contributed by atoms with Gasteiger partial charge in [0.2, 0.25) is 5.91 Å². The number of rotatable bonds is 5. The van der Waals surface area contributed by atoms with Gasteiger partial charge in [0.25, 0.3) is 0 Å². The number of fused-ring (bicyclic) bond motifs is 1. The second kappa shape index (κ2) is 8.41. The Kier molecular flexibility index (Phi) is 6.15. The SMILES string of the molecule is CCOc1ccc2c(c1)CN(CC(=O)Nc1ccc(Cl)cc1C(F)(F)F)CC2. The Morgan fingerprint density at radius 3 is 2.71 bits per heavy atom. The fraction of sp³-hybridized carbons (Fsp3) is 0.350. The van der Waals surface area contributed by atoms with Gasteiger partial charge in [0.1, 0.15) is 5.75 Å². The molecule has 0 saturated heterocycles. The number of carbonyl (C=O) groups excluding carboxylic acids is 1. The molecule has 0 fully saturated rings. The van der Waals surface area contributed by atoms with Crippen LogP contribution in [0, 0.1) is 0 Å². The average Bonchev–Trinajstić information content (AvgIpc) is 2.62. The van der Waals surface area contributed by atoms with Crippen LogP contribution >= 0.6 is 11.6 Å². The lowest BCUT2D eigenvalue weighted by atomic mass is 9.99. The van der Waals surface area contributed by atoms with E-state index >= 15 is 0 Å². The van der Waals surface area contributed by atoms with Gasteiger partial charge in [0, 0.05) is 18.1 Å². The second-order valence-electron chi connectivity index (χ2n) is 6.56. The largest absolute Gasteiger partial charge is 0.494 e. The molecule has 0 aliphatic carbocycles. The summed E-state index contributed by atoms with van der Waals surface area (Å²) in [7, 11) is 0. The van der Waals surface area contributed by atoms with E-state index in [1.165, 1.54) is 17.7 Å². The fourth-order valence-electron chi connectivity index (χ4n) is 3.24. The molecule has 1 amide bonds. The third kappa shape index (κ3) is 4.97. The summed E-state index contributed by atoms with van der Waals surface area (Å²) in [5.74, 6) is 0.265. The van der Waals surface area contributed by atoms with Crippen LogP contribution in [0.1, 0.15) is 23.6 Å². The molecule has 2 aromatic rings. The maximum Gasteiger partial charge on any atom is 0.418 e. The average molecular weight is 413 g/mol. The molecule has 2 aromatic carbocycles. The highest BCUT2D eigenvalue weighted by atomic mass is 35.5. The van der Waals surface area contributed by atoms with E-state index in [0.29, 0.717) is 19.7 Å². The number of halogens is 4. The summed E-state index contributed by atoms with van der Waals surface area (Å²) in [5, 5.41) is 2.32. The number of benzene rings is 2. The van der Waals surface area contributed by atoms with E-state index in [0.717, 1.165) is 23.8 Å². The highest BCUT2D eigenvalue weighted by Gasteiger charge is 2.34. The first-order valence-corrected chi connectivity index (χ1v) is 9.27. The quantitative estimate of drug-likeness (QED) is 0.770. The Morgan fingerprint density at radius 2 is 2.00 bits per heavy atom. The van der Waals surface area contributed by atoms with Crippen molar-refractivity contribution in [1.82, 2.24) is 4.90 Å². The van der Waals surface area contributed by atoms with Gasteiger partial charge in [-0.1, -0.05) is 17.7 Å². The van der Waals surface area contributed by atoms with Crippen molar-refractivity contribution >= 4 is 23.2 Å². The van der Waals surface area contributed by atoms with Crippen LogP contribution in [0.15, 0.2) is 36.4 Å². The van der Waals surface area contributed by atoms with Crippen LogP contribution in [0.4, 0.5) is 18.9 Å². The van der Waals surface area contributed by atoms with Gasteiger partial charge in [0.05, 0.1) is 24.4 Å².